The summed E-state index contributed by atoms with van der Waals surface area (Å²) < 4.78 is 15.3. The minimum atomic E-state index is -0.274. The summed E-state index contributed by atoms with van der Waals surface area (Å²) in [5.74, 6) is 0.460. The minimum absolute atomic E-state index is 0.0725. The monoisotopic (exact) mass is 401 g/mol. The van der Waals surface area contributed by atoms with Gasteiger partial charge < -0.3 is 5.32 Å². The molecule has 0 bridgehead atoms. The minimum Gasteiger partial charge on any atom is -0.306 e. The van der Waals surface area contributed by atoms with Gasteiger partial charge in [-0.2, -0.15) is 5.10 Å². The van der Waals surface area contributed by atoms with Crippen LogP contribution < -0.4 is 5.32 Å². The van der Waals surface area contributed by atoms with E-state index in [1.54, 1.807) is 10.7 Å². The molecule has 5 nitrogen and oxygen atoms in total. The number of nitrogens with zero attached hydrogens (tertiary/aromatic N) is 4. The molecule has 152 valence electrons. The van der Waals surface area contributed by atoms with Crippen LogP contribution in [0, 0.1) is 19.7 Å². The maximum atomic E-state index is 13.6. The van der Waals surface area contributed by atoms with Gasteiger partial charge in [0.05, 0.1) is 11.9 Å². The molecule has 2 aromatic heterocycles. The van der Waals surface area contributed by atoms with Crippen LogP contribution in [-0.4, -0.2) is 19.7 Å². The summed E-state index contributed by atoms with van der Waals surface area (Å²) in [5, 5.41) is 7.94. The molecule has 0 aliphatic heterocycles. The number of aromatic nitrogens is 4. The van der Waals surface area contributed by atoms with E-state index in [9.17, 15) is 4.39 Å². The van der Waals surface area contributed by atoms with E-state index in [4.69, 9.17) is 0 Å². The molecule has 0 radical (unpaired) electrons. The van der Waals surface area contributed by atoms with Crippen molar-refractivity contribution in [1.29, 1.82) is 0 Å². The Kier molecular flexibility index (Phi) is 5.68. The molecule has 0 saturated heterocycles. The Morgan fingerprint density at radius 3 is 2.50 bits per heavy atom. The highest BCUT2D eigenvalue weighted by Gasteiger charge is 2.14. The Hall–Kier alpha value is -3.38. The molecule has 6 heteroatoms. The lowest BCUT2D eigenvalue weighted by Gasteiger charge is -2.14. The lowest BCUT2D eigenvalue weighted by molar-refractivity contribution is 0.570. The number of hydrogen-bond acceptors (Lipinski definition) is 4. The predicted octanol–water partition coefficient (Wildman–Crippen LogP) is 4.94. The summed E-state index contributed by atoms with van der Waals surface area (Å²) in [6.45, 7) is 6.77. The van der Waals surface area contributed by atoms with E-state index >= 15 is 0 Å². The molecule has 0 fully saturated rings. The zero-order valence-corrected chi connectivity index (χ0v) is 17.3. The van der Waals surface area contributed by atoms with Gasteiger partial charge in [-0.05, 0) is 44.5 Å². The van der Waals surface area contributed by atoms with Crippen molar-refractivity contribution in [2.24, 2.45) is 0 Å². The van der Waals surface area contributed by atoms with Crippen molar-refractivity contribution < 1.29 is 4.39 Å². The van der Waals surface area contributed by atoms with Crippen molar-refractivity contribution in [1.82, 2.24) is 25.1 Å². The first-order chi connectivity index (χ1) is 14.5. The van der Waals surface area contributed by atoms with Crippen LogP contribution in [0.2, 0.25) is 0 Å². The van der Waals surface area contributed by atoms with Gasteiger partial charge in [0.1, 0.15) is 5.82 Å². The molecule has 1 N–H and O–H groups in total. The van der Waals surface area contributed by atoms with E-state index in [1.807, 2.05) is 49.8 Å². The number of nitrogens with one attached hydrogen (secondary N) is 1. The average molecular weight is 401 g/mol. The molecular weight excluding hydrogens is 377 g/mol. The number of hydrogen-bond donors (Lipinski definition) is 1. The van der Waals surface area contributed by atoms with Crippen molar-refractivity contribution in [2.75, 3.05) is 0 Å². The van der Waals surface area contributed by atoms with Crippen molar-refractivity contribution in [2.45, 2.75) is 33.4 Å². The summed E-state index contributed by atoms with van der Waals surface area (Å²) in [6.07, 6.45) is 5.55. The van der Waals surface area contributed by atoms with Crippen LogP contribution in [0.1, 0.15) is 35.3 Å². The van der Waals surface area contributed by atoms with E-state index in [-0.39, 0.29) is 11.9 Å². The van der Waals surface area contributed by atoms with Crippen LogP contribution in [0.15, 0.2) is 67.1 Å². The van der Waals surface area contributed by atoms with Crippen LogP contribution >= 0.6 is 0 Å². The van der Waals surface area contributed by atoms with Crippen molar-refractivity contribution >= 4 is 0 Å². The van der Waals surface area contributed by atoms with Crippen molar-refractivity contribution in [3.05, 3.63) is 95.3 Å². The highest BCUT2D eigenvalue weighted by Crippen LogP contribution is 2.22. The predicted molar refractivity (Wildman–Crippen MR) is 116 cm³/mol. The smallest absolute Gasteiger partial charge is 0.159 e. The SMILES string of the molecule is Cc1ccccc1-c1ncc(CNC(C)c2cnn(-c3cccc(F)c3)c2C)cn1. The highest BCUT2D eigenvalue weighted by atomic mass is 19.1. The molecule has 0 amide bonds. The fourth-order valence-electron chi connectivity index (χ4n) is 3.51. The Bertz CT molecular complexity index is 1150. The number of aryl methyl sites for hydroxylation is 1. The van der Waals surface area contributed by atoms with Gasteiger partial charge in [-0.25, -0.2) is 19.0 Å². The standard InChI is InChI=1S/C24H24FN5/c1-16-7-4-5-10-22(16)24-27-13-19(14-28-24)12-26-17(2)23-15-29-30(18(23)3)21-9-6-8-20(25)11-21/h4-11,13-15,17,26H,12H2,1-3H3. The summed E-state index contributed by atoms with van der Waals surface area (Å²) in [5.41, 5.74) is 5.97. The first-order valence-corrected chi connectivity index (χ1v) is 9.93. The third-order valence-electron chi connectivity index (χ3n) is 5.27. The van der Waals surface area contributed by atoms with Crippen LogP contribution in [0.5, 0.6) is 0 Å². The van der Waals surface area contributed by atoms with E-state index in [0.717, 1.165) is 33.8 Å². The van der Waals surface area contributed by atoms with Gasteiger partial charge in [0.15, 0.2) is 5.82 Å². The molecule has 1 atom stereocenters. The third-order valence-corrected chi connectivity index (χ3v) is 5.27. The highest BCUT2D eigenvalue weighted by molar-refractivity contribution is 5.59. The van der Waals surface area contributed by atoms with E-state index < -0.39 is 0 Å². The Morgan fingerprint density at radius 1 is 1.00 bits per heavy atom. The maximum Gasteiger partial charge on any atom is 0.159 e. The van der Waals surface area contributed by atoms with E-state index in [1.165, 1.54) is 12.1 Å². The summed E-state index contributed by atoms with van der Waals surface area (Å²) >= 11 is 0. The molecule has 0 spiro atoms. The van der Waals surface area contributed by atoms with Crippen LogP contribution in [0.3, 0.4) is 0 Å². The van der Waals surface area contributed by atoms with Gasteiger partial charge >= 0.3 is 0 Å². The normalized spacial score (nSPS) is 12.1. The lowest BCUT2D eigenvalue weighted by atomic mass is 10.1. The van der Waals surface area contributed by atoms with Gasteiger partial charge in [-0.15, -0.1) is 0 Å². The van der Waals surface area contributed by atoms with Crippen LogP contribution in [0.25, 0.3) is 17.1 Å². The topological polar surface area (TPSA) is 55.6 Å². The largest absolute Gasteiger partial charge is 0.306 e. The Balaban J connectivity index is 1.44. The second kappa shape index (κ2) is 8.55. The quantitative estimate of drug-likeness (QED) is 0.497. The molecule has 2 heterocycles. The van der Waals surface area contributed by atoms with Crippen LogP contribution in [0.4, 0.5) is 4.39 Å². The summed E-state index contributed by atoms with van der Waals surface area (Å²) in [6, 6.07) is 14.6. The molecular formula is C24H24FN5. The summed E-state index contributed by atoms with van der Waals surface area (Å²) in [7, 11) is 0. The van der Waals surface area contributed by atoms with Crippen molar-refractivity contribution in [3.63, 3.8) is 0 Å². The summed E-state index contributed by atoms with van der Waals surface area (Å²) in [4.78, 5) is 9.05. The first-order valence-electron chi connectivity index (χ1n) is 9.93. The van der Waals surface area contributed by atoms with Crippen LogP contribution in [-0.2, 0) is 6.54 Å². The fraction of sp³-hybridized carbons (Fsp3) is 0.208. The van der Waals surface area contributed by atoms with E-state index in [2.05, 4.69) is 40.3 Å². The molecule has 2 aromatic carbocycles. The zero-order valence-electron chi connectivity index (χ0n) is 17.3. The maximum absolute atomic E-state index is 13.6. The van der Waals surface area contributed by atoms with Gasteiger partial charge in [0.25, 0.3) is 0 Å². The third kappa shape index (κ3) is 4.14. The lowest BCUT2D eigenvalue weighted by Crippen LogP contribution is -2.19. The zero-order chi connectivity index (χ0) is 21.1. The second-order valence-electron chi connectivity index (χ2n) is 7.41. The van der Waals surface area contributed by atoms with Gasteiger partial charge in [-0.3, -0.25) is 0 Å². The van der Waals surface area contributed by atoms with Crippen molar-refractivity contribution in [3.8, 4) is 17.1 Å². The average Bonchev–Trinajstić information content (AvgIpc) is 3.14. The molecule has 0 saturated carbocycles. The molecule has 1 unspecified atom stereocenters. The first kappa shape index (κ1) is 19.9. The molecule has 0 aliphatic carbocycles. The van der Waals surface area contributed by atoms with Gasteiger partial charge in [0, 0.05) is 47.4 Å². The second-order valence-corrected chi connectivity index (χ2v) is 7.41. The fourth-order valence-corrected chi connectivity index (χ4v) is 3.51. The van der Waals surface area contributed by atoms with Gasteiger partial charge in [0.2, 0.25) is 0 Å². The molecule has 0 aliphatic rings. The van der Waals surface area contributed by atoms with E-state index in [0.29, 0.717) is 12.2 Å². The Labute approximate surface area is 175 Å². The molecule has 4 rings (SSSR count). The number of benzene rings is 2. The molecule has 30 heavy (non-hydrogen) atoms. The Morgan fingerprint density at radius 2 is 1.77 bits per heavy atom. The number of halogens is 1. The number of rotatable bonds is 6. The van der Waals surface area contributed by atoms with Gasteiger partial charge in [-0.1, -0.05) is 30.3 Å². The molecule has 4 aromatic rings.